The number of hydrogen-bond donors (Lipinski definition) is 1. The van der Waals surface area contributed by atoms with Gasteiger partial charge in [-0.05, 0) is 55.5 Å². The first-order valence-corrected chi connectivity index (χ1v) is 11.2. The first-order chi connectivity index (χ1) is 15.3. The number of piperidine rings is 1. The number of carbonyl (C=O) groups is 1. The Bertz CT molecular complexity index is 1180. The highest BCUT2D eigenvalue weighted by Gasteiger charge is 2.27. The number of nitrogens with zero attached hydrogens (tertiary/aromatic N) is 3. The van der Waals surface area contributed by atoms with Crippen LogP contribution in [0.2, 0.25) is 0 Å². The number of fused-ring (bicyclic) bond motifs is 3. The van der Waals surface area contributed by atoms with Crippen LogP contribution >= 0.6 is 0 Å². The molecule has 1 aliphatic rings. The number of aromatic nitrogens is 2. The van der Waals surface area contributed by atoms with Crippen molar-refractivity contribution in [1.29, 1.82) is 0 Å². The highest BCUT2D eigenvalue weighted by atomic mass is 16.1. The van der Waals surface area contributed by atoms with Gasteiger partial charge in [0.2, 0.25) is 5.91 Å². The Balaban J connectivity index is 1.26. The number of amides is 1. The van der Waals surface area contributed by atoms with Gasteiger partial charge in [-0.1, -0.05) is 42.5 Å². The topological polar surface area (TPSA) is 49.6 Å². The lowest BCUT2D eigenvalue weighted by Gasteiger charge is -2.33. The SMILES string of the molecule is O=C(NCCCc1ccccc1)C1CCCN(c2nc3ccccc3n3cccc23)C1. The van der Waals surface area contributed by atoms with Crippen molar-refractivity contribution >= 4 is 28.3 Å². The van der Waals surface area contributed by atoms with Crippen molar-refractivity contribution < 1.29 is 4.79 Å². The molecule has 0 aliphatic carbocycles. The zero-order valence-corrected chi connectivity index (χ0v) is 17.7. The van der Waals surface area contributed by atoms with Gasteiger partial charge in [0.05, 0.1) is 22.5 Å². The molecule has 3 heterocycles. The van der Waals surface area contributed by atoms with Crippen LogP contribution in [0.3, 0.4) is 0 Å². The lowest BCUT2D eigenvalue weighted by atomic mass is 9.97. The van der Waals surface area contributed by atoms with E-state index in [4.69, 9.17) is 4.98 Å². The van der Waals surface area contributed by atoms with Crippen LogP contribution in [0.5, 0.6) is 0 Å². The van der Waals surface area contributed by atoms with Crippen molar-refractivity contribution in [2.75, 3.05) is 24.5 Å². The predicted molar refractivity (Wildman–Crippen MR) is 125 cm³/mol. The molecule has 0 saturated carbocycles. The molecule has 5 rings (SSSR count). The van der Waals surface area contributed by atoms with Crippen LogP contribution in [0.1, 0.15) is 24.8 Å². The number of anilines is 1. The van der Waals surface area contributed by atoms with Crippen LogP contribution in [0.4, 0.5) is 5.82 Å². The molecule has 5 heteroatoms. The summed E-state index contributed by atoms with van der Waals surface area (Å²) in [6.45, 7) is 2.38. The van der Waals surface area contributed by atoms with Crippen molar-refractivity contribution in [3.63, 3.8) is 0 Å². The van der Waals surface area contributed by atoms with Crippen LogP contribution in [-0.4, -0.2) is 34.9 Å². The summed E-state index contributed by atoms with van der Waals surface area (Å²) in [6, 6.07) is 22.8. The molecular formula is C26H28N4O. The van der Waals surface area contributed by atoms with Gasteiger partial charge in [-0.3, -0.25) is 4.79 Å². The number of nitrogens with one attached hydrogen (secondary N) is 1. The van der Waals surface area contributed by atoms with Crippen molar-refractivity contribution in [2.24, 2.45) is 5.92 Å². The molecule has 1 amide bonds. The molecule has 0 radical (unpaired) electrons. The second-order valence-electron chi connectivity index (χ2n) is 8.35. The minimum absolute atomic E-state index is 0.00811. The maximum Gasteiger partial charge on any atom is 0.224 e. The minimum Gasteiger partial charge on any atom is -0.356 e. The van der Waals surface area contributed by atoms with E-state index in [0.29, 0.717) is 0 Å². The molecule has 1 aliphatic heterocycles. The molecule has 1 atom stereocenters. The lowest BCUT2D eigenvalue weighted by molar-refractivity contribution is -0.125. The number of para-hydroxylation sites is 2. The average Bonchev–Trinajstić information content (AvgIpc) is 3.32. The zero-order valence-electron chi connectivity index (χ0n) is 17.7. The van der Waals surface area contributed by atoms with Crippen LogP contribution in [0, 0.1) is 5.92 Å². The van der Waals surface area contributed by atoms with E-state index in [1.807, 2.05) is 18.2 Å². The van der Waals surface area contributed by atoms with Gasteiger partial charge in [-0.2, -0.15) is 0 Å². The monoisotopic (exact) mass is 412 g/mol. The number of rotatable bonds is 6. The molecular weight excluding hydrogens is 384 g/mol. The molecule has 158 valence electrons. The first kappa shape index (κ1) is 19.6. The summed E-state index contributed by atoms with van der Waals surface area (Å²) in [4.78, 5) is 20.1. The molecule has 2 aromatic carbocycles. The molecule has 1 saturated heterocycles. The van der Waals surface area contributed by atoms with E-state index in [1.165, 1.54) is 5.56 Å². The first-order valence-electron chi connectivity index (χ1n) is 11.2. The Morgan fingerprint density at radius 1 is 1.00 bits per heavy atom. The van der Waals surface area contributed by atoms with Gasteiger partial charge in [-0.25, -0.2) is 4.98 Å². The Kier molecular flexibility index (Phi) is 5.57. The number of aryl methyl sites for hydroxylation is 1. The van der Waals surface area contributed by atoms with Crippen LogP contribution in [-0.2, 0) is 11.2 Å². The third-order valence-corrected chi connectivity index (χ3v) is 6.22. The van der Waals surface area contributed by atoms with Gasteiger partial charge in [0, 0.05) is 25.8 Å². The van der Waals surface area contributed by atoms with E-state index in [0.717, 1.165) is 67.7 Å². The second-order valence-corrected chi connectivity index (χ2v) is 8.35. The summed E-state index contributed by atoms with van der Waals surface area (Å²) in [7, 11) is 0. The molecule has 5 nitrogen and oxygen atoms in total. The summed E-state index contributed by atoms with van der Waals surface area (Å²) in [6.07, 6.45) is 5.98. The Hall–Kier alpha value is -3.34. The van der Waals surface area contributed by atoms with E-state index in [9.17, 15) is 4.79 Å². The summed E-state index contributed by atoms with van der Waals surface area (Å²) in [5.41, 5.74) is 4.51. The highest BCUT2D eigenvalue weighted by Crippen LogP contribution is 2.29. The fourth-order valence-corrected chi connectivity index (χ4v) is 4.62. The Morgan fingerprint density at radius 3 is 2.71 bits per heavy atom. The van der Waals surface area contributed by atoms with Crippen LogP contribution in [0.25, 0.3) is 16.6 Å². The minimum atomic E-state index is 0.00811. The summed E-state index contributed by atoms with van der Waals surface area (Å²) in [5, 5.41) is 3.17. The zero-order chi connectivity index (χ0) is 21.0. The third-order valence-electron chi connectivity index (χ3n) is 6.22. The number of carbonyl (C=O) groups excluding carboxylic acids is 1. The molecule has 1 N–H and O–H groups in total. The van der Waals surface area contributed by atoms with Gasteiger partial charge in [0.25, 0.3) is 0 Å². The van der Waals surface area contributed by atoms with Crippen molar-refractivity contribution in [2.45, 2.75) is 25.7 Å². The standard InChI is InChI=1S/C26H28N4O/c31-26(27-16-6-11-20-9-2-1-3-10-20)21-12-7-17-29(19-21)25-24-15-8-18-30(24)23-14-5-4-13-22(23)28-25/h1-5,8-10,13-15,18,21H,6-7,11-12,16-17,19H2,(H,27,31). The largest absolute Gasteiger partial charge is 0.356 e. The molecule has 4 aromatic rings. The third kappa shape index (κ3) is 4.13. The number of hydrogen-bond acceptors (Lipinski definition) is 3. The van der Waals surface area contributed by atoms with E-state index in [1.54, 1.807) is 0 Å². The fourth-order valence-electron chi connectivity index (χ4n) is 4.62. The van der Waals surface area contributed by atoms with Gasteiger partial charge >= 0.3 is 0 Å². The van der Waals surface area contributed by atoms with E-state index >= 15 is 0 Å². The van der Waals surface area contributed by atoms with Gasteiger partial charge < -0.3 is 14.6 Å². The molecule has 1 unspecified atom stereocenters. The maximum atomic E-state index is 12.8. The fraction of sp³-hybridized carbons (Fsp3) is 0.308. The van der Waals surface area contributed by atoms with Gasteiger partial charge in [0.15, 0.2) is 5.82 Å². The predicted octanol–water partition coefficient (Wildman–Crippen LogP) is 4.45. The summed E-state index contributed by atoms with van der Waals surface area (Å²) >= 11 is 0. The quantitative estimate of drug-likeness (QED) is 0.476. The average molecular weight is 413 g/mol. The van der Waals surface area contributed by atoms with Gasteiger partial charge in [0.1, 0.15) is 0 Å². The van der Waals surface area contributed by atoms with Gasteiger partial charge in [-0.15, -0.1) is 0 Å². The molecule has 0 bridgehead atoms. The number of benzene rings is 2. The maximum absolute atomic E-state index is 12.8. The van der Waals surface area contributed by atoms with E-state index in [-0.39, 0.29) is 11.8 Å². The van der Waals surface area contributed by atoms with Crippen LogP contribution in [0.15, 0.2) is 72.9 Å². The molecule has 2 aromatic heterocycles. The molecule has 0 spiro atoms. The molecule has 31 heavy (non-hydrogen) atoms. The van der Waals surface area contributed by atoms with Crippen molar-refractivity contribution in [3.8, 4) is 0 Å². The summed E-state index contributed by atoms with van der Waals surface area (Å²) < 4.78 is 2.20. The van der Waals surface area contributed by atoms with Crippen LogP contribution < -0.4 is 10.2 Å². The van der Waals surface area contributed by atoms with E-state index < -0.39 is 0 Å². The van der Waals surface area contributed by atoms with Crippen molar-refractivity contribution in [3.05, 3.63) is 78.5 Å². The Morgan fingerprint density at radius 2 is 1.81 bits per heavy atom. The summed E-state index contributed by atoms with van der Waals surface area (Å²) in [5.74, 6) is 1.16. The Labute approximate surface area is 182 Å². The van der Waals surface area contributed by atoms with Crippen molar-refractivity contribution in [1.82, 2.24) is 14.7 Å². The smallest absolute Gasteiger partial charge is 0.224 e. The second kappa shape index (κ2) is 8.80. The highest BCUT2D eigenvalue weighted by molar-refractivity contribution is 5.85. The normalized spacial score (nSPS) is 16.6. The lowest BCUT2D eigenvalue weighted by Crippen LogP contribution is -2.43. The van der Waals surface area contributed by atoms with E-state index in [2.05, 4.69) is 69.3 Å². The molecule has 1 fully saturated rings.